The Morgan fingerprint density at radius 3 is 2.73 bits per heavy atom. The monoisotopic (exact) mass is 169 g/mol. The molecule has 0 atom stereocenters. The minimum atomic E-state index is 0.634. The molecule has 1 nitrogen and oxygen atoms in total. The molecule has 0 aliphatic rings. The van der Waals surface area contributed by atoms with Gasteiger partial charge in [0.15, 0.2) is 0 Å². The van der Waals surface area contributed by atoms with Crippen molar-refractivity contribution in [3.8, 4) is 0 Å². The molecule has 0 aromatic carbocycles. The Hall–Kier alpha value is -0.340. The Morgan fingerprint density at radius 1 is 1.55 bits per heavy atom. The van der Waals surface area contributed by atoms with Crippen LogP contribution in [0.15, 0.2) is 16.8 Å². The number of nitrogens with zero attached hydrogens (tertiary/aromatic N) is 1. The van der Waals surface area contributed by atoms with Crippen molar-refractivity contribution in [3.63, 3.8) is 0 Å². The fourth-order valence-corrected chi connectivity index (χ4v) is 1.51. The van der Waals surface area contributed by atoms with Crippen molar-refractivity contribution < 1.29 is 0 Å². The molecule has 1 aromatic heterocycles. The third kappa shape index (κ3) is 2.64. The molecule has 0 fully saturated rings. The van der Waals surface area contributed by atoms with E-state index in [9.17, 15) is 0 Å². The largest absolute Gasteiger partial charge is 0.300 e. The standard InChI is InChI=1S/C9H15NS/c1-8(2)10(3)6-9-4-5-11-7-9/h4-5,7-8H,6H2,1-3H3. The van der Waals surface area contributed by atoms with E-state index in [0.717, 1.165) is 6.54 Å². The van der Waals surface area contributed by atoms with Gasteiger partial charge in [0, 0.05) is 12.6 Å². The van der Waals surface area contributed by atoms with Gasteiger partial charge in [0.25, 0.3) is 0 Å². The number of thiophene rings is 1. The van der Waals surface area contributed by atoms with Crippen LogP contribution < -0.4 is 0 Å². The van der Waals surface area contributed by atoms with Crippen molar-refractivity contribution in [1.29, 1.82) is 0 Å². The van der Waals surface area contributed by atoms with Gasteiger partial charge in [-0.25, -0.2) is 0 Å². The Morgan fingerprint density at radius 2 is 2.27 bits per heavy atom. The molecular weight excluding hydrogens is 154 g/mol. The van der Waals surface area contributed by atoms with Crippen molar-refractivity contribution in [2.75, 3.05) is 7.05 Å². The maximum absolute atomic E-state index is 2.34. The average Bonchev–Trinajstić information content (AvgIpc) is 2.39. The maximum Gasteiger partial charge on any atom is 0.0241 e. The summed E-state index contributed by atoms with van der Waals surface area (Å²) < 4.78 is 0. The quantitative estimate of drug-likeness (QED) is 0.672. The predicted molar refractivity (Wildman–Crippen MR) is 50.9 cm³/mol. The van der Waals surface area contributed by atoms with Crippen LogP contribution >= 0.6 is 11.3 Å². The molecule has 0 saturated heterocycles. The molecular formula is C9H15NS. The summed E-state index contributed by atoms with van der Waals surface area (Å²) in [5.74, 6) is 0. The van der Waals surface area contributed by atoms with Gasteiger partial charge in [-0.15, -0.1) is 0 Å². The van der Waals surface area contributed by atoms with Gasteiger partial charge in [-0.05, 0) is 43.3 Å². The molecule has 0 aliphatic heterocycles. The van der Waals surface area contributed by atoms with Crippen LogP contribution in [0.1, 0.15) is 19.4 Å². The maximum atomic E-state index is 2.34. The van der Waals surface area contributed by atoms with E-state index < -0.39 is 0 Å². The SMILES string of the molecule is CC(C)N(C)Cc1ccsc1. The summed E-state index contributed by atoms with van der Waals surface area (Å²) in [6, 6.07) is 2.82. The lowest BCUT2D eigenvalue weighted by Gasteiger charge is -2.19. The minimum absolute atomic E-state index is 0.634. The summed E-state index contributed by atoms with van der Waals surface area (Å²) in [5.41, 5.74) is 1.42. The molecule has 2 heteroatoms. The van der Waals surface area contributed by atoms with Crippen LogP contribution in [-0.2, 0) is 6.54 Å². The lowest BCUT2D eigenvalue weighted by atomic mass is 10.3. The van der Waals surface area contributed by atoms with Crippen molar-refractivity contribution in [2.24, 2.45) is 0 Å². The topological polar surface area (TPSA) is 3.24 Å². The molecule has 0 radical (unpaired) electrons. The lowest BCUT2D eigenvalue weighted by Crippen LogP contribution is -2.25. The minimum Gasteiger partial charge on any atom is -0.300 e. The van der Waals surface area contributed by atoms with Gasteiger partial charge in [-0.2, -0.15) is 11.3 Å². The van der Waals surface area contributed by atoms with Crippen LogP contribution in [0.4, 0.5) is 0 Å². The molecule has 1 heterocycles. The van der Waals surface area contributed by atoms with E-state index >= 15 is 0 Å². The highest BCUT2D eigenvalue weighted by Crippen LogP contribution is 2.09. The third-order valence-electron chi connectivity index (χ3n) is 1.89. The Kier molecular flexibility index (Phi) is 3.09. The molecule has 0 saturated carbocycles. The smallest absolute Gasteiger partial charge is 0.0241 e. The first-order chi connectivity index (χ1) is 5.20. The Balaban J connectivity index is 2.43. The van der Waals surface area contributed by atoms with Crippen molar-refractivity contribution in [3.05, 3.63) is 22.4 Å². The first-order valence-corrected chi connectivity index (χ1v) is 4.85. The summed E-state index contributed by atoms with van der Waals surface area (Å²) in [7, 11) is 2.16. The van der Waals surface area contributed by atoms with Crippen molar-refractivity contribution in [2.45, 2.75) is 26.4 Å². The third-order valence-corrected chi connectivity index (χ3v) is 2.63. The van der Waals surface area contributed by atoms with E-state index in [1.165, 1.54) is 5.56 Å². The van der Waals surface area contributed by atoms with Gasteiger partial charge in [-0.3, -0.25) is 4.90 Å². The molecule has 0 aliphatic carbocycles. The molecule has 11 heavy (non-hydrogen) atoms. The highest BCUT2D eigenvalue weighted by atomic mass is 32.1. The second-order valence-corrected chi connectivity index (χ2v) is 3.92. The number of hydrogen-bond donors (Lipinski definition) is 0. The molecule has 0 bridgehead atoms. The van der Waals surface area contributed by atoms with E-state index in [-0.39, 0.29) is 0 Å². The second-order valence-electron chi connectivity index (χ2n) is 3.14. The fourth-order valence-electron chi connectivity index (χ4n) is 0.853. The summed E-state index contributed by atoms with van der Waals surface area (Å²) in [4.78, 5) is 2.34. The van der Waals surface area contributed by atoms with Crippen molar-refractivity contribution >= 4 is 11.3 Å². The molecule has 1 aromatic rings. The normalized spacial score (nSPS) is 11.4. The lowest BCUT2D eigenvalue weighted by molar-refractivity contribution is 0.266. The zero-order valence-electron chi connectivity index (χ0n) is 7.37. The molecule has 0 N–H and O–H groups in total. The van der Waals surface area contributed by atoms with Crippen LogP contribution in [0.2, 0.25) is 0 Å². The van der Waals surface area contributed by atoms with Gasteiger partial charge >= 0.3 is 0 Å². The first-order valence-electron chi connectivity index (χ1n) is 3.91. The molecule has 1 rings (SSSR count). The van der Waals surface area contributed by atoms with Crippen LogP contribution in [-0.4, -0.2) is 18.0 Å². The fraction of sp³-hybridized carbons (Fsp3) is 0.556. The van der Waals surface area contributed by atoms with Gasteiger partial charge in [-0.1, -0.05) is 0 Å². The highest BCUT2D eigenvalue weighted by Gasteiger charge is 2.03. The zero-order valence-corrected chi connectivity index (χ0v) is 8.19. The van der Waals surface area contributed by atoms with Crippen LogP contribution in [0.25, 0.3) is 0 Å². The summed E-state index contributed by atoms with van der Waals surface area (Å²) in [5, 5.41) is 4.34. The number of rotatable bonds is 3. The molecule has 0 unspecified atom stereocenters. The van der Waals surface area contributed by atoms with Crippen molar-refractivity contribution in [1.82, 2.24) is 4.90 Å². The highest BCUT2D eigenvalue weighted by molar-refractivity contribution is 7.07. The summed E-state index contributed by atoms with van der Waals surface area (Å²) in [6.45, 7) is 5.50. The zero-order chi connectivity index (χ0) is 8.27. The van der Waals surface area contributed by atoms with Gasteiger partial charge < -0.3 is 0 Å². The van der Waals surface area contributed by atoms with E-state index in [2.05, 4.69) is 42.6 Å². The molecule has 0 amide bonds. The summed E-state index contributed by atoms with van der Waals surface area (Å²) in [6.07, 6.45) is 0. The Labute approximate surface area is 72.7 Å². The van der Waals surface area contributed by atoms with E-state index in [4.69, 9.17) is 0 Å². The Bertz CT molecular complexity index is 191. The van der Waals surface area contributed by atoms with Crippen LogP contribution in [0.5, 0.6) is 0 Å². The molecule has 62 valence electrons. The van der Waals surface area contributed by atoms with E-state index in [1.807, 2.05) is 0 Å². The van der Waals surface area contributed by atoms with E-state index in [0.29, 0.717) is 6.04 Å². The van der Waals surface area contributed by atoms with E-state index in [1.54, 1.807) is 11.3 Å². The average molecular weight is 169 g/mol. The number of hydrogen-bond acceptors (Lipinski definition) is 2. The van der Waals surface area contributed by atoms with Crippen LogP contribution in [0, 0.1) is 0 Å². The predicted octanol–water partition coefficient (Wildman–Crippen LogP) is 2.59. The van der Waals surface area contributed by atoms with Gasteiger partial charge in [0.05, 0.1) is 0 Å². The van der Waals surface area contributed by atoms with Gasteiger partial charge in [0.2, 0.25) is 0 Å². The molecule has 0 spiro atoms. The van der Waals surface area contributed by atoms with Crippen LogP contribution in [0.3, 0.4) is 0 Å². The first kappa shape index (κ1) is 8.75. The second kappa shape index (κ2) is 3.88. The summed E-state index contributed by atoms with van der Waals surface area (Å²) >= 11 is 1.77. The van der Waals surface area contributed by atoms with Gasteiger partial charge in [0.1, 0.15) is 0 Å².